The minimum atomic E-state index is -0.918. The van der Waals surface area contributed by atoms with E-state index in [0.29, 0.717) is 29.5 Å². The van der Waals surface area contributed by atoms with Crippen LogP contribution >= 0.6 is 0 Å². The van der Waals surface area contributed by atoms with Crippen LogP contribution in [0.5, 0.6) is 0 Å². The third-order valence-corrected chi connectivity index (χ3v) is 5.05. The van der Waals surface area contributed by atoms with Crippen molar-refractivity contribution in [3.8, 4) is 5.69 Å². The molecule has 1 saturated heterocycles. The van der Waals surface area contributed by atoms with E-state index < -0.39 is 12.1 Å². The van der Waals surface area contributed by atoms with Crippen LogP contribution < -0.4 is 5.56 Å². The Kier molecular flexibility index (Phi) is 5.12. The molecule has 7 heteroatoms. The number of amides is 1. The number of aromatic nitrogens is 2. The quantitative estimate of drug-likeness (QED) is 0.639. The Balaban J connectivity index is 1.72. The van der Waals surface area contributed by atoms with Gasteiger partial charge in [-0.2, -0.15) is 9.78 Å². The van der Waals surface area contributed by atoms with Gasteiger partial charge in [-0.1, -0.05) is 36.4 Å². The molecule has 3 aromatic rings. The second-order valence-electron chi connectivity index (χ2n) is 7.03. The maximum Gasteiger partial charge on any atom is 0.360 e. The van der Waals surface area contributed by atoms with Crippen LogP contribution in [0.3, 0.4) is 0 Å². The van der Waals surface area contributed by atoms with E-state index in [9.17, 15) is 14.4 Å². The van der Waals surface area contributed by atoms with Gasteiger partial charge in [-0.3, -0.25) is 9.59 Å². The van der Waals surface area contributed by atoms with Crippen molar-refractivity contribution in [3.63, 3.8) is 0 Å². The van der Waals surface area contributed by atoms with Crippen LogP contribution in [0.1, 0.15) is 30.3 Å². The van der Waals surface area contributed by atoms with Crippen molar-refractivity contribution >= 4 is 22.6 Å². The zero-order valence-corrected chi connectivity index (χ0v) is 16.1. The second kappa shape index (κ2) is 7.87. The van der Waals surface area contributed by atoms with Gasteiger partial charge in [0.2, 0.25) is 0 Å². The Morgan fingerprint density at radius 2 is 1.59 bits per heavy atom. The maximum absolute atomic E-state index is 12.9. The molecule has 1 atom stereocenters. The van der Waals surface area contributed by atoms with Crippen molar-refractivity contribution in [1.82, 2.24) is 14.7 Å². The van der Waals surface area contributed by atoms with Crippen LogP contribution in [0, 0.1) is 0 Å². The molecule has 2 aromatic carbocycles. The molecule has 0 spiro atoms. The van der Waals surface area contributed by atoms with E-state index in [1.54, 1.807) is 60.4 Å². The second-order valence-corrected chi connectivity index (χ2v) is 7.03. The van der Waals surface area contributed by atoms with E-state index in [1.165, 1.54) is 4.68 Å². The molecule has 0 bridgehead atoms. The molecular weight excluding hydrogens is 370 g/mol. The molecule has 0 N–H and O–H groups in total. The van der Waals surface area contributed by atoms with Gasteiger partial charge >= 0.3 is 5.97 Å². The highest BCUT2D eigenvalue weighted by molar-refractivity contribution is 6.03. The minimum Gasteiger partial charge on any atom is -0.448 e. The lowest BCUT2D eigenvalue weighted by atomic mass is 10.1. The average Bonchev–Trinajstić information content (AvgIpc) is 3.29. The van der Waals surface area contributed by atoms with E-state index in [1.807, 2.05) is 6.07 Å². The lowest BCUT2D eigenvalue weighted by Gasteiger charge is -2.20. The van der Waals surface area contributed by atoms with Gasteiger partial charge in [-0.25, -0.2) is 4.79 Å². The molecule has 2 heterocycles. The first-order chi connectivity index (χ1) is 14.1. The number of para-hydroxylation sites is 1. The topological polar surface area (TPSA) is 81.5 Å². The first-order valence-electron chi connectivity index (χ1n) is 9.63. The zero-order chi connectivity index (χ0) is 20.4. The number of fused-ring (bicyclic) bond motifs is 1. The number of benzene rings is 2. The molecule has 1 amide bonds. The van der Waals surface area contributed by atoms with E-state index in [-0.39, 0.29) is 17.2 Å². The Labute approximate surface area is 167 Å². The van der Waals surface area contributed by atoms with E-state index >= 15 is 0 Å². The van der Waals surface area contributed by atoms with Crippen molar-refractivity contribution in [3.05, 3.63) is 70.6 Å². The van der Waals surface area contributed by atoms with Crippen LogP contribution in [0.15, 0.2) is 59.4 Å². The Bertz CT molecular complexity index is 1120. The van der Waals surface area contributed by atoms with Crippen molar-refractivity contribution in [2.75, 3.05) is 13.1 Å². The van der Waals surface area contributed by atoms with E-state index in [0.717, 1.165) is 12.8 Å². The Hall–Kier alpha value is -3.48. The van der Waals surface area contributed by atoms with Crippen LogP contribution in [-0.2, 0) is 9.53 Å². The zero-order valence-electron chi connectivity index (χ0n) is 16.1. The highest BCUT2D eigenvalue weighted by atomic mass is 16.5. The summed E-state index contributed by atoms with van der Waals surface area (Å²) in [5.41, 5.74) is 0.216. The molecule has 0 saturated carbocycles. The van der Waals surface area contributed by atoms with Crippen LogP contribution in [0.4, 0.5) is 0 Å². The summed E-state index contributed by atoms with van der Waals surface area (Å²) in [6, 6.07) is 15.6. The summed E-state index contributed by atoms with van der Waals surface area (Å²) in [6.45, 7) is 2.93. The summed E-state index contributed by atoms with van der Waals surface area (Å²) >= 11 is 0. The molecule has 1 aromatic heterocycles. The minimum absolute atomic E-state index is 0.00475. The molecule has 148 valence electrons. The number of carbonyl (C=O) groups excluding carboxylic acids is 2. The smallest absolute Gasteiger partial charge is 0.360 e. The van der Waals surface area contributed by atoms with E-state index in [2.05, 4.69) is 5.10 Å². The molecular formula is C22H21N3O4. The molecule has 1 aliphatic rings. The average molecular weight is 391 g/mol. The molecule has 1 aliphatic heterocycles. The van der Waals surface area contributed by atoms with Crippen molar-refractivity contribution in [2.24, 2.45) is 0 Å². The number of hydrogen-bond donors (Lipinski definition) is 0. The highest BCUT2D eigenvalue weighted by Crippen LogP contribution is 2.18. The monoisotopic (exact) mass is 391 g/mol. The fourth-order valence-electron chi connectivity index (χ4n) is 3.55. The SMILES string of the molecule is C[C@@H](OC(=O)c1nn(-c2ccccc2)c(=O)c2ccccc12)C(=O)N1CCCC1. The first-order valence-corrected chi connectivity index (χ1v) is 9.63. The van der Waals surface area contributed by atoms with Gasteiger partial charge in [0.1, 0.15) is 0 Å². The van der Waals surface area contributed by atoms with Crippen molar-refractivity contribution in [2.45, 2.75) is 25.9 Å². The van der Waals surface area contributed by atoms with E-state index in [4.69, 9.17) is 4.74 Å². The van der Waals surface area contributed by atoms with Crippen LogP contribution in [0.25, 0.3) is 16.5 Å². The number of carbonyl (C=O) groups is 2. The van der Waals surface area contributed by atoms with Crippen LogP contribution in [0.2, 0.25) is 0 Å². The molecule has 0 aliphatic carbocycles. The summed E-state index contributed by atoms with van der Waals surface area (Å²) in [6.07, 6.45) is 1.000. The lowest BCUT2D eigenvalue weighted by Crippen LogP contribution is -2.38. The number of likely N-dealkylation sites (tertiary alicyclic amines) is 1. The summed E-state index contributed by atoms with van der Waals surface area (Å²) in [5.74, 6) is -0.942. The number of esters is 1. The number of rotatable bonds is 4. The summed E-state index contributed by atoms with van der Waals surface area (Å²) < 4.78 is 6.63. The van der Waals surface area contributed by atoms with Gasteiger partial charge in [0.05, 0.1) is 11.1 Å². The maximum atomic E-state index is 12.9. The fraction of sp³-hybridized carbons (Fsp3) is 0.273. The number of nitrogens with zero attached hydrogens (tertiary/aromatic N) is 3. The first kappa shape index (κ1) is 18.9. The molecule has 29 heavy (non-hydrogen) atoms. The standard InChI is InChI=1S/C22H21N3O4/c1-15(20(26)24-13-7-8-14-24)29-22(28)19-17-11-5-6-12-18(17)21(27)25(23-19)16-9-3-2-4-10-16/h2-6,9-12,15H,7-8,13-14H2,1H3/t15-/m1/s1. The molecule has 4 rings (SSSR count). The largest absolute Gasteiger partial charge is 0.448 e. The third kappa shape index (κ3) is 3.63. The summed E-state index contributed by atoms with van der Waals surface area (Å²) in [4.78, 5) is 40.0. The number of hydrogen-bond acceptors (Lipinski definition) is 5. The van der Waals surface area contributed by atoms with Gasteiger partial charge in [-0.05, 0) is 38.0 Å². The fourth-order valence-corrected chi connectivity index (χ4v) is 3.55. The predicted octanol–water partition coefficient (Wildman–Crippen LogP) is 2.55. The Morgan fingerprint density at radius 1 is 0.966 bits per heavy atom. The summed E-state index contributed by atoms with van der Waals surface area (Å²) in [5, 5.41) is 5.04. The van der Waals surface area contributed by atoms with Gasteiger partial charge in [-0.15, -0.1) is 0 Å². The van der Waals surface area contributed by atoms with Crippen molar-refractivity contribution in [1.29, 1.82) is 0 Å². The van der Waals surface area contributed by atoms with Gasteiger partial charge in [0.25, 0.3) is 11.5 Å². The van der Waals surface area contributed by atoms with Gasteiger partial charge in [0.15, 0.2) is 11.8 Å². The third-order valence-electron chi connectivity index (χ3n) is 5.05. The van der Waals surface area contributed by atoms with Gasteiger partial charge in [0, 0.05) is 18.5 Å². The molecule has 0 radical (unpaired) electrons. The van der Waals surface area contributed by atoms with Crippen LogP contribution in [-0.4, -0.2) is 45.8 Å². The Morgan fingerprint density at radius 3 is 2.28 bits per heavy atom. The van der Waals surface area contributed by atoms with Crippen molar-refractivity contribution < 1.29 is 14.3 Å². The highest BCUT2D eigenvalue weighted by Gasteiger charge is 2.28. The lowest BCUT2D eigenvalue weighted by molar-refractivity contribution is -0.138. The predicted molar refractivity (Wildman–Crippen MR) is 108 cm³/mol. The van der Waals surface area contributed by atoms with Gasteiger partial charge < -0.3 is 9.64 Å². The number of ether oxygens (including phenoxy) is 1. The summed E-state index contributed by atoms with van der Waals surface area (Å²) in [7, 11) is 0. The molecule has 7 nitrogen and oxygen atoms in total. The normalized spacial score (nSPS) is 14.7. The molecule has 1 fully saturated rings. The molecule has 0 unspecified atom stereocenters.